The number of nitrogens with one attached hydrogen (secondary N) is 2. The van der Waals surface area contributed by atoms with E-state index in [9.17, 15) is 0 Å². The number of benzene rings is 1. The van der Waals surface area contributed by atoms with E-state index >= 15 is 0 Å². The molecular weight excluding hydrogens is 248 g/mol. The van der Waals surface area contributed by atoms with Crippen LogP contribution in [0.4, 0.5) is 17.5 Å². The fourth-order valence-corrected chi connectivity index (χ4v) is 1.74. The number of aromatic nitrogens is 2. The summed E-state index contributed by atoms with van der Waals surface area (Å²) in [5.41, 5.74) is 1.04. The van der Waals surface area contributed by atoms with Crippen LogP contribution in [0.5, 0.6) is 0 Å². The zero-order chi connectivity index (χ0) is 12.1. The van der Waals surface area contributed by atoms with Crippen LogP contribution in [0.1, 0.15) is 6.92 Å². The van der Waals surface area contributed by atoms with Gasteiger partial charge in [-0.25, -0.2) is 4.57 Å². The Morgan fingerprint density at radius 2 is 1.89 bits per heavy atom. The van der Waals surface area contributed by atoms with E-state index in [1.54, 1.807) is 6.20 Å². The summed E-state index contributed by atoms with van der Waals surface area (Å²) in [6, 6.07) is 12.0. The molecule has 1 aromatic heterocycles. The van der Waals surface area contributed by atoms with Crippen molar-refractivity contribution in [3.8, 4) is 0 Å². The lowest BCUT2D eigenvalue weighted by molar-refractivity contribution is -0.667. The Kier molecular flexibility index (Phi) is 5.39. The largest absolute Gasteiger partial charge is 1.00 e. The van der Waals surface area contributed by atoms with E-state index in [1.807, 2.05) is 43.4 Å². The summed E-state index contributed by atoms with van der Waals surface area (Å²) in [6.45, 7) is 2.96. The second-order valence-corrected chi connectivity index (χ2v) is 3.64. The normalized spacial score (nSPS) is 9.44. The van der Waals surface area contributed by atoms with Gasteiger partial charge in [-0.05, 0) is 19.1 Å². The van der Waals surface area contributed by atoms with Crippen LogP contribution in [-0.2, 0) is 6.54 Å². The molecule has 0 atom stereocenters. The Balaban J connectivity index is 0.00000162. The molecule has 0 aliphatic heterocycles. The maximum Gasteiger partial charge on any atom is 0.352 e. The molecule has 0 bridgehead atoms. The average molecular weight is 265 g/mol. The molecule has 2 aromatic rings. The number of hydrogen-bond acceptors (Lipinski definition) is 3. The van der Waals surface area contributed by atoms with Gasteiger partial charge in [0.1, 0.15) is 0 Å². The zero-order valence-electron chi connectivity index (χ0n) is 10.5. The lowest BCUT2D eigenvalue weighted by Gasteiger charge is -2.09. The first-order valence-electron chi connectivity index (χ1n) is 5.74. The summed E-state index contributed by atoms with van der Waals surface area (Å²) < 4.78 is 2.09. The molecule has 0 aliphatic rings. The highest BCUT2D eigenvalue weighted by molar-refractivity contribution is 5.51. The third-order valence-electron chi connectivity index (χ3n) is 2.58. The van der Waals surface area contributed by atoms with E-state index in [0.29, 0.717) is 0 Å². The van der Waals surface area contributed by atoms with E-state index in [0.717, 1.165) is 24.0 Å². The summed E-state index contributed by atoms with van der Waals surface area (Å²) in [5, 5.41) is 6.47. The summed E-state index contributed by atoms with van der Waals surface area (Å²) in [5.74, 6) is 1.88. The molecule has 4 nitrogen and oxygen atoms in total. The second kappa shape index (κ2) is 6.81. The molecule has 0 radical (unpaired) electrons. The van der Waals surface area contributed by atoms with Gasteiger partial charge in [-0.3, -0.25) is 5.32 Å². The van der Waals surface area contributed by atoms with Crippen LogP contribution in [0, 0.1) is 0 Å². The molecule has 0 fully saturated rings. The molecule has 2 rings (SSSR count). The van der Waals surface area contributed by atoms with Crippen LogP contribution in [-0.4, -0.2) is 12.0 Å². The van der Waals surface area contributed by atoms with Gasteiger partial charge in [0, 0.05) is 13.1 Å². The first kappa shape index (κ1) is 14.3. The molecule has 0 amide bonds. The van der Waals surface area contributed by atoms with Crippen LogP contribution in [0.15, 0.2) is 42.6 Å². The quantitative estimate of drug-likeness (QED) is 0.709. The first-order valence-corrected chi connectivity index (χ1v) is 5.74. The molecule has 0 aliphatic carbocycles. The summed E-state index contributed by atoms with van der Waals surface area (Å²) >= 11 is 0. The van der Waals surface area contributed by atoms with Crippen molar-refractivity contribution >= 4 is 17.5 Å². The van der Waals surface area contributed by atoms with E-state index in [4.69, 9.17) is 0 Å². The van der Waals surface area contributed by atoms with Gasteiger partial charge in [0.15, 0.2) is 5.82 Å². The molecule has 0 saturated heterocycles. The number of nitrogens with zero attached hydrogens (tertiary/aromatic N) is 2. The number of halogens is 1. The Labute approximate surface area is 113 Å². The van der Waals surface area contributed by atoms with Crippen molar-refractivity contribution in [3.63, 3.8) is 0 Å². The van der Waals surface area contributed by atoms with Crippen LogP contribution in [0.25, 0.3) is 0 Å². The number of anilines is 3. The zero-order valence-corrected chi connectivity index (χ0v) is 11.3. The molecule has 0 saturated carbocycles. The molecule has 1 heterocycles. The van der Waals surface area contributed by atoms with Gasteiger partial charge in [-0.15, -0.1) is 4.98 Å². The van der Waals surface area contributed by atoms with Crippen molar-refractivity contribution in [2.45, 2.75) is 13.5 Å². The predicted octanol–water partition coefficient (Wildman–Crippen LogP) is -0.822. The number of rotatable bonds is 4. The third-order valence-corrected chi connectivity index (χ3v) is 2.58. The highest BCUT2D eigenvalue weighted by atomic mass is 35.5. The molecular formula is C13H17ClN4. The van der Waals surface area contributed by atoms with Crippen molar-refractivity contribution in [1.82, 2.24) is 4.98 Å². The number of para-hydroxylation sites is 1. The monoisotopic (exact) mass is 264 g/mol. The lowest BCUT2D eigenvalue weighted by Crippen LogP contribution is -3.00. The van der Waals surface area contributed by atoms with E-state index in [1.165, 1.54) is 0 Å². The van der Waals surface area contributed by atoms with Crippen LogP contribution in [0.3, 0.4) is 0 Å². The minimum atomic E-state index is 0. The van der Waals surface area contributed by atoms with Crippen molar-refractivity contribution in [3.05, 3.63) is 42.6 Å². The Morgan fingerprint density at radius 3 is 2.50 bits per heavy atom. The molecule has 18 heavy (non-hydrogen) atoms. The molecule has 2 N–H and O–H groups in total. The SMILES string of the molecule is CC[n+]1c(NC)ccnc1Nc1ccccc1.[Cl-]. The van der Waals surface area contributed by atoms with Crippen molar-refractivity contribution in [1.29, 1.82) is 0 Å². The topological polar surface area (TPSA) is 40.8 Å². The van der Waals surface area contributed by atoms with Gasteiger partial charge in [-0.1, -0.05) is 18.2 Å². The highest BCUT2D eigenvalue weighted by Crippen LogP contribution is 2.11. The smallest absolute Gasteiger partial charge is 0.352 e. The summed E-state index contributed by atoms with van der Waals surface area (Å²) in [7, 11) is 1.91. The maximum atomic E-state index is 4.37. The van der Waals surface area contributed by atoms with Crippen molar-refractivity contribution in [2.24, 2.45) is 0 Å². The molecule has 1 aromatic carbocycles. The van der Waals surface area contributed by atoms with Crippen LogP contribution < -0.4 is 27.6 Å². The van der Waals surface area contributed by atoms with Gasteiger partial charge in [0.25, 0.3) is 0 Å². The lowest BCUT2D eigenvalue weighted by atomic mass is 10.3. The average Bonchev–Trinajstić information content (AvgIpc) is 2.39. The Morgan fingerprint density at radius 1 is 1.17 bits per heavy atom. The van der Waals surface area contributed by atoms with Gasteiger partial charge in [0.2, 0.25) is 0 Å². The molecule has 5 heteroatoms. The maximum absolute atomic E-state index is 4.37. The minimum absolute atomic E-state index is 0. The van der Waals surface area contributed by atoms with E-state index < -0.39 is 0 Å². The standard InChI is InChI=1S/C13H16N4.ClH/c1-3-17-12(14-2)9-10-15-13(17)16-11-7-5-4-6-8-11;/h4-10H,3H2,1-2H3,(H,14,15,16);1H. The van der Waals surface area contributed by atoms with Crippen molar-refractivity contribution < 1.29 is 17.0 Å². The van der Waals surface area contributed by atoms with Gasteiger partial charge in [-0.2, -0.15) is 0 Å². The molecule has 0 unspecified atom stereocenters. The minimum Gasteiger partial charge on any atom is -1.00 e. The Hall–Kier alpha value is -1.81. The van der Waals surface area contributed by atoms with Crippen LogP contribution in [0.2, 0.25) is 0 Å². The summed E-state index contributed by atoms with van der Waals surface area (Å²) in [6.07, 6.45) is 1.79. The van der Waals surface area contributed by atoms with Gasteiger partial charge >= 0.3 is 5.95 Å². The van der Waals surface area contributed by atoms with E-state index in [2.05, 4.69) is 27.1 Å². The highest BCUT2D eigenvalue weighted by Gasteiger charge is 2.11. The van der Waals surface area contributed by atoms with Gasteiger partial charge < -0.3 is 17.7 Å². The first-order chi connectivity index (χ1) is 8.35. The molecule has 0 spiro atoms. The predicted molar refractivity (Wildman–Crippen MR) is 69.4 cm³/mol. The number of hydrogen-bond donors (Lipinski definition) is 2. The third kappa shape index (κ3) is 3.11. The van der Waals surface area contributed by atoms with Crippen molar-refractivity contribution in [2.75, 3.05) is 17.7 Å². The Bertz CT molecular complexity index is 488. The van der Waals surface area contributed by atoms with E-state index in [-0.39, 0.29) is 12.4 Å². The fourth-order valence-electron chi connectivity index (χ4n) is 1.74. The summed E-state index contributed by atoms with van der Waals surface area (Å²) in [4.78, 5) is 4.37. The second-order valence-electron chi connectivity index (χ2n) is 3.64. The fraction of sp³-hybridized carbons (Fsp3) is 0.231. The molecule has 96 valence electrons. The van der Waals surface area contributed by atoms with Gasteiger partial charge in [0.05, 0.1) is 18.4 Å². The van der Waals surface area contributed by atoms with Crippen LogP contribution >= 0.6 is 0 Å².